The zero-order chi connectivity index (χ0) is 15.7. The number of nitrogens with zero attached hydrogens (tertiary/aromatic N) is 2. The number of rotatable bonds is 3. The number of aryl methyl sites for hydroxylation is 2. The fraction of sp³-hybridized carbons (Fsp3) is 0.133. The molecule has 6 nitrogen and oxygen atoms in total. The molecule has 0 atom stereocenters. The first-order chi connectivity index (χ1) is 10.5. The minimum absolute atomic E-state index is 0.240. The molecule has 3 rings (SSSR count). The fourth-order valence-corrected chi connectivity index (χ4v) is 2.29. The Morgan fingerprint density at radius 1 is 1.23 bits per heavy atom. The molecular formula is C15H12BrN3O3. The van der Waals surface area contributed by atoms with Crippen LogP contribution in [0.2, 0.25) is 0 Å². The predicted octanol–water partition coefficient (Wildman–Crippen LogP) is 3.96. The summed E-state index contributed by atoms with van der Waals surface area (Å²) in [6.45, 7) is 3.63. The number of aromatic nitrogens is 2. The summed E-state index contributed by atoms with van der Waals surface area (Å²) in [4.78, 5) is 16.3. The average Bonchev–Trinajstić information content (AvgIpc) is 3.10. The number of halogens is 1. The lowest BCUT2D eigenvalue weighted by Gasteiger charge is -2.08. The van der Waals surface area contributed by atoms with E-state index in [2.05, 4.69) is 31.4 Å². The molecule has 1 aromatic carbocycles. The van der Waals surface area contributed by atoms with E-state index in [9.17, 15) is 4.79 Å². The zero-order valence-electron chi connectivity index (χ0n) is 11.9. The molecule has 0 saturated heterocycles. The van der Waals surface area contributed by atoms with Crippen molar-refractivity contribution in [3.8, 4) is 11.4 Å². The summed E-state index contributed by atoms with van der Waals surface area (Å²) < 4.78 is 10.7. The summed E-state index contributed by atoms with van der Waals surface area (Å²) >= 11 is 3.17. The van der Waals surface area contributed by atoms with E-state index in [1.165, 1.54) is 0 Å². The maximum atomic E-state index is 12.1. The molecule has 2 aromatic heterocycles. The van der Waals surface area contributed by atoms with Gasteiger partial charge in [-0.1, -0.05) is 5.16 Å². The Hall–Kier alpha value is -2.41. The molecule has 112 valence electrons. The topological polar surface area (TPSA) is 81.2 Å². The van der Waals surface area contributed by atoms with Crippen LogP contribution in [0, 0.1) is 13.8 Å². The Bertz CT molecular complexity index is 838. The third-order valence-electron chi connectivity index (χ3n) is 3.06. The van der Waals surface area contributed by atoms with Crippen LogP contribution < -0.4 is 5.32 Å². The summed E-state index contributed by atoms with van der Waals surface area (Å²) in [6.07, 6.45) is 0. The molecule has 1 amide bonds. The van der Waals surface area contributed by atoms with Crippen LogP contribution in [0.1, 0.15) is 22.0 Å². The molecule has 0 fully saturated rings. The Balaban J connectivity index is 1.82. The van der Waals surface area contributed by atoms with E-state index in [4.69, 9.17) is 8.94 Å². The van der Waals surface area contributed by atoms with Gasteiger partial charge in [0.1, 0.15) is 0 Å². The second-order valence-corrected chi connectivity index (χ2v) is 5.51. The molecule has 7 heteroatoms. The normalized spacial score (nSPS) is 10.7. The van der Waals surface area contributed by atoms with Gasteiger partial charge in [0.25, 0.3) is 5.91 Å². The van der Waals surface area contributed by atoms with Gasteiger partial charge < -0.3 is 14.3 Å². The van der Waals surface area contributed by atoms with Crippen molar-refractivity contribution in [3.63, 3.8) is 0 Å². The number of furan rings is 1. The SMILES string of the molecule is Cc1nc(-c2ccc(NC(=O)c3ccc(Br)o3)c(C)c2)no1. The molecule has 22 heavy (non-hydrogen) atoms. The summed E-state index contributed by atoms with van der Waals surface area (Å²) in [5.41, 5.74) is 2.41. The second-order valence-electron chi connectivity index (χ2n) is 4.72. The highest BCUT2D eigenvalue weighted by Gasteiger charge is 2.13. The quantitative estimate of drug-likeness (QED) is 0.763. The highest BCUT2D eigenvalue weighted by Crippen LogP contribution is 2.24. The largest absolute Gasteiger partial charge is 0.444 e. The molecule has 0 saturated carbocycles. The Labute approximate surface area is 134 Å². The highest BCUT2D eigenvalue weighted by atomic mass is 79.9. The third kappa shape index (κ3) is 2.94. The number of hydrogen-bond donors (Lipinski definition) is 1. The molecular weight excluding hydrogens is 350 g/mol. The summed E-state index contributed by atoms with van der Waals surface area (Å²) in [6, 6.07) is 8.78. The van der Waals surface area contributed by atoms with E-state index >= 15 is 0 Å². The van der Waals surface area contributed by atoms with Gasteiger partial charge in [0, 0.05) is 18.2 Å². The van der Waals surface area contributed by atoms with Crippen LogP contribution >= 0.6 is 15.9 Å². The van der Waals surface area contributed by atoms with Crippen molar-refractivity contribution in [2.75, 3.05) is 5.32 Å². The maximum Gasteiger partial charge on any atom is 0.291 e. The van der Waals surface area contributed by atoms with Crippen LogP contribution in [-0.4, -0.2) is 16.0 Å². The third-order valence-corrected chi connectivity index (χ3v) is 3.48. The molecule has 0 aliphatic heterocycles. The number of carbonyl (C=O) groups excluding carboxylic acids is 1. The van der Waals surface area contributed by atoms with Gasteiger partial charge in [-0.25, -0.2) is 0 Å². The summed E-state index contributed by atoms with van der Waals surface area (Å²) in [5.74, 6) is 0.961. The number of benzene rings is 1. The minimum Gasteiger partial charge on any atom is -0.444 e. The maximum absolute atomic E-state index is 12.1. The average molecular weight is 362 g/mol. The smallest absolute Gasteiger partial charge is 0.291 e. The fourth-order valence-electron chi connectivity index (χ4n) is 1.98. The molecule has 0 aliphatic rings. The number of hydrogen-bond acceptors (Lipinski definition) is 5. The molecule has 1 N–H and O–H groups in total. The van der Waals surface area contributed by atoms with Gasteiger partial charge in [-0.15, -0.1) is 0 Å². The first kappa shape index (κ1) is 14.5. The zero-order valence-corrected chi connectivity index (χ0v) is 13.5. The number of nitrogens with one attached hydrogen (secondary N) is 1. The van der Waals surface area contributed by atoms with Gasteiger partial charge in [-0.2, -0.15) is 4.98 Å². The Kier molecular flexibility index (Phi) is 3.81. The summed E-state index contributed by atoms with van der Waals surface area (Å²) in [5, 5.41) is 6.68. The first-order valence-corrected chi connectivity index (χ1v) is 7.30. The van der Waals surface area contributed by atoms with Gasteiger partial charge in [0.15, 0.2) is 10.4 Å². The van der Waals surface area contributed by atoms with Gasteiger partial charge in [0.05, 0.1) is 0 Å². The van der Waals surface area contributed by atoms with Crippen molar-refractivity contribution in [2.45, 2.75) is 13.8 Å². The number of carbonyl (C=O) groups is 1. The van der Waals surface area contributed by atoms with Crippen LogP contribution in [0.15, 0.2) is 43.9 Å². The van der Waals surface area contributed by atoms with Crippen molar-refractivity contribution in [2.24, 2.45) is 0 Å². The summed E-state index contributed by atoms with van der Waals surface area (Å²) in [7, 11) is 0. The first-order valence-electron chi connectivity index (χ1n) is 6.51. The van der Waals surface area contributed by atoms with Crippen molar-refractivity contribution in [1.82, 2.24) is 10.1 Å². The molecule has 3 aromatic rings. The van der Waals surface area contributed by atoms with Crippen LogP contribution in [0.5, 0.6) is 0 Å². The molecule has 0 radical (unpaired) electrons. The highest BCUT2D eigenvalue weighted by molar-refractivity contribution is 9.10. The minimum atomic E-state index is -0.308. The van der Waals surface area contributed by atoms with Gasteiger partial charge >= 0.3 is 0 Å². The van der Waals surface area contributed by atoms with Crippen molar-refractivity contribution in [3.05, 3.63) is 52.2 Å². The van der Waals surface area contributed by atoms with E-state index in [0.717, 1.165) is 11.1 Å². The Morgan fingerprint density at radius 3 is 2.64 bits per heavy atom. The van der Waals surface area contributed by atoms with Crippen molar-refractivity contribution >= 4 is 27.5 Å². The van der Waals surface area contributed by atoms with Crippen LogP contribution in [0.25, 0.3) is 11.4 Å². The second kappa shape index (κ2) is 5.76. The molecule has 0 unspecified atom stereocenters. The van der Waals surface area contributed by atoms with E-state index in [-0.39, 0.29) is 11.7 Å². The van der Waals surface area contributed by atoms with Crippen LogP contribution in [0.3, 0.4) is 0 Å². The van der Waals surface area contributed by atoms with Crippen LogP contribution in [0.4, 0.5) is 5.69 Å². The molecule has 2 heterocycles. The van der Waals surface area contributed by atoms with Gasteiger partial charge in [-0.05, 0) is 58.7 Å². The monoisotopic (exact) mass is 361 g/mol. The van der Waals surface area contributed by atoms with E-state index < -0.39 is 0 Å². The molecule has 0 spiro atoms. The van der Waals surface area contributed by atoms with E-state index in [1.54, 1.807) is 25.1 Å². The predicted molar refractivity (Wildman–Crippen MR) is 83.6 cm³/mol. The molecule has 0 bridgehead atoms. The van der Waals surface area contributed by atoms with Crippen molar-refractivity contribution in [1.29, 1.82) is 0 Å². The van der Waals surface area contributed by atoms with Gasteiger partial charge in [0.2, 0.25) is 11.7 Å². The van der Waals surface area contributed by atoms with Crippen molar-refractivity contribution < 1.29 is 13.7 Å². The number of amides is 1. The lowest BCUT2D eigenvalue weighted by atomic mass is 10.1. The van der Waals surface area contributed by atoms with Gasteiger partial charge in [-0.3, -0.25) is 4.79 Å². The Morgan fingerprint density at radius 2 is 2.05 bits per heavy atom. The molecule has 0 aliphatic carbocycles. The van der Waals surface area contributed by atoms with E-state index in [1.807, 2.05) is 19.1 Å². The standard InChI is InChI=1S/C15H12BrN3O3/c1-8-7-10(14-17-9(2)22-19-14)3-4-11(8)18-15(20)12-5-6-13(16)21-12/h3-7H,1-2H3,(H,18,20). The van der Waals surface area contributed by atoms with E-state index in [0.29, 0.717) is 22.1 Å². The number of anilines is 1. The van der Waals surface area contributed by atoms with Crippen LogP contribution in [-0.2, 0) is 0 Å². The lowest BCUT2D eigenvalue weighted by molar-refractivity contribution is 0.0995. The lowest BCUT2D eigenvalue weighted by Crippen LogP contribution is -2.11.